The summed E-state index contributed by atoms with van der Waals surface area (Å²) < 4.78 is 51.3. The number of hydrogen-bond donors (Lipinski definition) is 1. The number of methoxy groups -OCH3 is 1. The number of halogens is 3. The molecule has 11 heteroatoms. The van der Waals surface area contributed by atoms with E-state index in [-0.39, 0.29) is 18.0 Å². The number of nitrogens with zero attached hydrogens (tertiary/aromatic N) is 3. The molecule has 0 aliphatic carbocycles. The van der Waals surface area contributed by atoms with Crippen molar-refractivity contribution in [1.82, 2.24) is 14.8 Å². The second kappa shape index (κ2) is 10.4. The molecule has 3 rings (SSSR count). The minimum Gasteiger partial charge on any atom is -0.493 e. The highest BCUT2D eigenvalue weighted by atomic mass is 32.2. The summed E-state index contributed by atoms with van der Waals surface area (Å²) in [6.07, 6.45) is -4.48. The first kappa shape index (κ1) is 23.5. The van der Waals surface area contributed by atoms with Crippen LogP contribution in [0.5, 0.6) is 11.5 Å². The molecular weight excluding hydrogens is 445 g/mol. The molecule has 0 unspecified atom stereocenters. The van der Waals surface area contributed by atoms with Crippen LogP contribution >= 0.6 is 11.8 Å². The molecule has 0 saturated heterocycles. The molecule has 0 aliphatic heterocycles. The van der Waals surface area contributed by atoms with Crippen LogP contribution in [0, 0.1) is 0 Å². The fraction of sp³-hybridized carbons (Fsp3) is 0.286. The molecule has 7 nitrogen and oxygen atoms in total. The molecule has 0 radical (unpaired) electrons. The van der Waals surface area contributed by atoms with E-state index in [9.17, 15) is 18.0 Å². The molecule has 0 atom stereocenters. The van der Waals surface area contributed by atoms with Crippen molar-refractivity contribution >= 4 is 23.4 Å². The minimum absolute atomic E-state index is 0.0399. The second-order valence-corrected chi connectivity index (χ2v) is 7.44. The summed E-state index contributed by atoms with van der Waals surface area (Å²) in [6, 6.07) is 11.7. The smallest absolute Gasteiger partial charge is 0.416 e. The predicted molar refractivity (Wildman–Crippen MR) is 114 cm³/mol. The molecule has 0 spiro atoms. The van der Waals surface area contributed by atoms with Crippen LogP contribution in [0.2, 0.25) is 0 Å². The topological polar surface area (TPSA) is 78.3 Å². The molecule has 0 fully saturated rings. The number of nitrogens with one attached hydrogen (secondary N) is 1. The Morgan fingerprint density at radius 3 is 2.56 bits per heavy atom. The second-order valence-electron chi connectivity index (χ2n) is 6.50. The Bertz CT molecular complexity index is 1070. The fourth-order valence-corrected chi connectivity index (χ4v) is 3.65. The van der Waals surface area contributed by atoms with Gasteiger partial charge in [0.25, 0.3) is 0 Å². The van der Waals surface area contributed by atoms with Gasteiger partial charge in [-0.3, -0.25) is 4.79 Å². The van der Waals surface area contributed by atoms with Crippen molar-refractivity contribution in [3.05, 3.63) is 59.9 Å². The monoisotopic (exact) mass is 466 g/mol. The highest BCUT2D eigenvalue weighted by Crippen LogP contribution is 2.31. The minimum atomic E-state index is -4.48. The van der Waals surface area contributed by atoms with E-state index >= 15 is 0 Å². The largest absolute Gasteiger partial charge is 0.493 e. The fourth-order valence-electron chi connectivity index (χ4n) is 2.83. The van der Waals surface area contributed by atoms with Crippen LogP contribution in [0.15, 0.2) is 53.7 Å². The maximum atomic E-state index is 12.8. The summed E-state index contributed by atoms with van der Waals surface area (Å²) in [4.78, 5) is 12.2. The first-order valence-corrected chi connectivity index (χ1v) is 10.6. The van der Waals surface area contributed by atoms with Crippen LogP contribution in [0.25, 0.3) is 0 Å². The summed E-state index contributed by atoms with van der Waals surface area (Å²) in [5.74, 6) is 1.24. The Kier molecular flexibility index (Phi) is 7.62. The number of amides is 1. The zero-order chi connectivity index (χ0) is 23.1. The number of alkyl halides is 3. The SMILES string of the molecule is CCn1c(COc2ccccc2OC)nnc1SCC(=O)Nc1cccc(C(F)(F)F)c1. The average molecular weight is 466 g/mol. The van der Waals surface area contributed by atoms with Gasteiger partial charge in [-0.15, -0.1) is 10.2 Å². The number of rotatable bonds is 9. The lowest BCUT2D eigenvalue weighted by molar-refractivity contribution is -0.137. The van der Waals surface area contributed by atoms with Crippen molar-refractivity contribution in [3.63, 3.8) is 0 Å². The Balaban J connectivity index is 1.60. The van der Waals surface area contributed by atoms with Crippen LogP contribution in [-0.4, -0.2) is 33.5 Å². The molecule has 1 N–H and O–H groups in total. The number of carbonyl (C=O) groups excluding carboxylic acids is 1. The van der Waals surface area contributed by atoms with E-state index < -0.39 is 17.6 Å². The van der Waals surface area contributed by atoms with E-state index in [2.05, 4.69) is 15.5 Å². The number of anilines is 1. The third-order valence-corrected chi connectivity index (χ3v) is 5.31. The van der Waals surface area contributed by atoms with Crippen molar-refractivity contribution in [2.45, 2.75) is 31.4 Å². The highest BCUT2D eigenvalue weighted by molar-refractivity contribution is 7.99. The predicted octanol–water partition coefficient (Wildman–Crippen LogP) is 4.64. The lowest BCUT2D eigenvalue weighted by Gasteiger charge is -2.11. The van der Waals surface area contributed by atoms with Gasteiger partial charge in [0.2, 0.25) is 5.91 Å². The van der Waals surface area contributed by atoms with Crippen molar-refractivity contribution in [1.29, 1.82) is 0 Å². The van der Waals surface area contributed by atoms with E-state index in [1.54, 1.807) is 23.8 Å². The zero-order valence-electron chi connectivity index (χ0n) is 17.3. The van der Waals surface area contributed by atoms with E-state index in [1.807, 2.05) is 19.1 Å². The average Bonchev–Trinajstić information content (AvgIpc) is 3.17. The van der Waals surface area contributed by atoms with Gasteiger partial charge in [0.1, 0.15) is 6.61 Å². The zero-order valence-corrected chi connectivity index (χ0v) is 18.2. The third-order valence-electron chi connectivity index (χ3n) is 4.34. The number of ether oxygens (including phenoxy) is 2. The Morgan fingerprint density at radius 1 is 1.12 bits per heavy atom. The molecule has 3 aromatic rings. The van der Waals surface area contributed by atoms with Crippen LogP contribution in [0.4, 0.5) is 18.9 Å². The summed E-state index contributed by atoms with van der Waals surface area (Å²) in [5, 5.41) is 11.2. The summed E-state index contributed by atoms with van der Waals surface area (Å²) in [7, 11) is 1.55. The van der Waals surface area contributed by atoms with Gasteiger partial charge in [-0.2, -0.15) is 13.2 Å². The van der Waals surface area contributed by atoms with Crippen LogP contribution in [0.3, 0.4) is 0 Å². The van der Waals surface area contributed by atoms with Crippen molar-refractivity contribution in [2.24, 2.45) is 0 Å². The van der Waals surface area contributed by atoms with E-state index in [1.165, 1.54) is 12.1 Å². The number of carbonyl (C=O) groups is 1. The van der Waals surface area contributed by atoms with Gasteiger partial charge in [0.15, 0.2) is 22.5 Å². The van der Waals surface area contributed by atoms with Crippen molar-refractivity contribution < 1.29 is 27.4 Å². The number of aromatic nitrogens is 3. The standard InChI is InChI=1S/C21H21F3N4O3S/c1-3-28-18(12-31-17-10-5-4-9-16(17)30-2)26-27-20(28)32-13-19(29)25-15-8-6-7-14(11-15)21(22,23)24/h4-11H,3,12-13H2,1-2H3,(H,25,29). The number of thioether (sulfide) groups is 1. The van der Waals surface area contributed by atoms with Crippen molar-refractivity contribution in [2.75, 3.05) is 18.2 Å². The lowest BCUT2D eigenvalue weighted by Crippen LogP contribution is -2.15. The molecule has 1 aromatic heterocycles. The Morgan fingerprint density at radius 2 is 1.88 bits per heavy atom. The van der Waals surface area contributed by atoms with Crippen LogP contribution in [0.1, 0.15) is 18.3 Å². The lowest BCUT2D eigenvalue weighted by atomic mass is 10.2. The van der Waals surface area contributed by atoms with Gasteiger partial charge < -0.3 is 19.4 Å². The number of hydrogen-bond acceptors (Lipinski definition) is 6. The summed E-state index contributed by atoms with van der Waals surface area (Å²) in [5.41, 5.74) is -0.748. The maximum Gasteiger partial charge on any atom is 0.416 e. The summed E-state index contributed by atoms with van der Waals surface area (Å²) >= 11 is 1.13. The van der Waals surface area contributed by atoms with Gasteiger partial charge in [-0.25, -0.2) is 0 Å². The summed E-state index contributed by atoms with van der Waals surface area (Å²) in [6.45, 7) is 2.61. The van der Waals surface area contributed by atoms with Crippen LogP contribution in [-0.2, 0) is 24.1 Å². The van der Waals surface area contributed by atoms with Gasteiger partial charge >= 0.3 is 6.18 Å². The molecule has 0 aliphatic rings. The molecule has 1 amide bonds. The molecular formula is C21H21F3N4O3S. The molecule has 2 aromatic carbocycles. The van der Waals surface area contributed by atoms with Gasteiger partial charge in [-0.05, 0) is 37.3 Å². The Labute approximate surface area is 186 Å². The number of para-hydroxylation sites is 2. The van der Waals surface area contributed by atoms with E-state index in [0.29, 0.717) is 29.0 Å². The highest BCUT2D eigenvalue weighted by Gasteiger charge is 2.30. The number of benzene rings is 2. The van der Waals surface area contributed by atoms with Crippen LogP contribution < -0.4 is 14.8 Å². The van der Waals surface area contributed by atoms with Gasteiger partial charge in [0, 0.05) is 12.2 Å². The molecule has 32 heavy (non-hydrogen) atoms. The van der Waals surface area contributed by atoms with E-state index in [0.717, 1.165) is 23.9 Å². The van der Waals surface area contributed by atoms with Crippen molar-refractivity contribution in [3.8, 4) is 11.5 Å². The normalized spacial score (nSPS) is 11.3. The van der Waals surface area contributed by atoms with E-state index in [4.69, 9.17) is 9.47 Å². The molecule has 0 bridgehead atoms. The molecule has 0 saturated carbocycles. The maximum absolute atomic E-state index is 12.8. The van der Waals surface area contributed by atoms with Gasteiger partial charge in [-0.1, -0.05) is 30.0 Å². The first-order valence-electron chi connectivity index (χ1n) is 9.59. The molecule has 170 valence electrons. The third kappa shape index (κ3) is 5.94. The van der Waals surface area contributed by atoms with Gasteiger partial charge in [0.05, 0.1) is 18.4 Å². The first-order chi connectivity index (χ1) is 15.3. The molecule has 1 heterocycles. The Hall–Kier alpha value is -3.21. The quantitative estimate of drug-likeness (QED) is 0.463.